The van der Waals surface area contributed by atoms with Crippen LogP contribution in [0.1, 0.15) is 24.1 Å². The molecule has 5 heteroatoms. The van der Waals surface area contributed by atoms with Gasteiger partial charge >= 0.3 is 6.03 Å². The summed E-state index contributed by atoms with van der Waals surface area (Å²) in [6, 6.07) is 15.5. The Bertz CT molecular complexity index is 613. The van der Waals surface area contributed by atoms with E-state index in [0.29, 0.717) is 5.69 Å². The van der Waals surface area contributed by atoms with Crippen molar-refractivity contribution in [1.82, 2.24) is 5.32 Å². The number of urea groups is 1. The lowest BCUT2D eigenvalue weighted by atomic mass is 10.1. The third-order valence-corrected chi connectivity index (χ3v) is 3.67. The first-order chi connectivity index (χ1) is 10.0. The van der Waals surface area contributed by atoms with Gasteiger partial charge < -0.3 is 16.4 Å². The third-order valence-electron chi connectivity index (χ3n) is 3.18. The molecule has 0 fully saturated rings. The van der Waals surface area contributed by atoms with E-state index in [-0.39, 0.29) is 6.04 Å². The number of benzene rings is 2. The van der Waals surface area contributed by atoms with Crippen molar-refractivity contribution in [1.29, 1.82) is 0 Å². The van der Waals surface area contributed by atoms with Crippen LogP contribution in [0.3, 0.4) is 0 Å². The van der Waals surface area contributed by atoms with Crippen LogP contribution in [0.4, 0.5) is 10.5 Å². The molecular formula is C16H18BrN3O. The fraction of sp³-hybridized carbons (Fsp3) is 0.188. The van der Waals surface area contributed by atoms with Crippen LogP contribution >= 0.6 is 15.9 Å². The molecule has 4 nitrogen and oxygen atoms in total. The minimum Gasteiger partial charge on any atom is -0.351 e. The van der Waals surface area contributed by atoms with E-state index in [4.69, 9.17) is 5.73 Å². The number of rotatable bonds is 5. The Morgan fingerprint density at radius 3 is 2.57 bits per heavy atom. The Kier molecular flexibility index (Phi) is 5.36. The summed E-state index contributed by atoms with van der Waals surface area (Å²) in [5.74, 6) is 0. The first kappa shape index (κ1) is 15.5. The lowest BCUT2D eigenvalue weighted by Gasteiger charge is -2.15. The molecule has 0 aromatic heterocycles. The monoisotopic (exact) mass is 347 g/mol. The summed E-state index contributed by atoms with van der Waals surface area (Å²) in [5.41, 5.74) is 8.16. The third kappa shape index (κ3) is 4.88. The SMILES string of the molecule is CC(NCc1cccc(Br)c1)c1ccc(NC(N)=O)cc1. The number of hydrogen-bond acceptors (Lipinski definition) is 2. The molecule has 2 amide bonds. The highest BCUT2D eigenvalue weighted by atomic mass is 79.9. The quantitative estimate of drug-likeness (QED) is 0.770. The number of carbonyl (C=O) groups is 1. The average molecular weight is 348 g/mol. The van der Waals surface area contributed by atoms with Gasteiger partial charge in [0, 0.05) is 22.7 Å². The van der Waals surface area contributed by atoms with Crippen molar-refractivity contribution in [3.8, 4) is 0 Å². The molecule has 0 aliphatic heterocycles. The van der Waals surface area contributed by atoms with Crippen LogP contribution in [0.15, 0.2) is 53.0 Å². The van der Waals surface area contributed by atoms with Crippen molar-refractivity contribution >= 4 is 27.6 Å². The highest BCUT2D eigenvalue weighted by molar-refractivity contribution is 9.10. The van der Waals surface area contributed by atoms with Crippen LogP contribution in [0.25, 0.3) is 0 Å². The summed E-state index contributed by atoms with van der Waals surface area (Å²) in [7, 11) is 0. The van der Waals surface area contributed by atoms with E-state index in [9.17, 15) is 4.79 Å². The number of primary amides is 1. The molecule has 4 N–H and O–H groups in total. The first-order valence-electron chi connectivity index (χ1n) is 6.69. The molecule has 1 atom stereocenters. The Labute approximate surface area is 132 Å². The first-order valence-corrected chi connectivity index (χ1v) is 7.48. The van der Waals surface area contributed by atoms with Crippen LogP contribution in [0, 0.1) is 0 Å². The number of hydrogen-bond donors (Lipinski definition) is 3. The largest absolute Gasteiger partial charge is 0.351 e. The summed E-state index contributed by atoms with van der Waals surface area (Å²) >= 11 is 3.47. The molecule has 21 heavy (non-hydrogen) atoms. The highest BCUT2D eigenvalue weighted by Crippen LogP contribution is 2.17. The van der Waals surface area contributed by atoms with Crippen molar-refractivity contribution in [2.45, 2.75) is 19.5 Å². The summed E-state index contributed by atoms with van der Waals surface area (Å²) in [6.45, 7) is 2.90. The summed E-state index contributed by atoms with van der Waals surface area (Å²) in [5, 5.41) is 6.02. The van der Waals surface area contributed by atoms with E-state index in [1.807, 2.05) is 36.4 Å². The average Bonchev–Trinajstić information content (AvgIpc) is 2.45. The second-order valence-corrected chi connectivity index (χ2v) is 5.76. The van der Waals surface area contributed by atoms with Gasteiger partial charge in [0.15, 0.2) is 0 Å². The minimum atomic E-state index is -0.552. The van der Waals surface area contributed by atoms with Gasteiger partial charge in [-0.15, -0.1) is 0 Å². The molecule has 2 aromatic carbocycles. The van der Waals surface area contributed by atoms with Gasteiger partial charge in [0.1, 0.15) is 0 Å². The van der Waals surface area contributed by atoms with Crippen molar-refractivity contribution < 1.29 is 4.79 Å². The number of nitrogens with one attached hydrogen (secondary N) is 2. The minimum absolute atomic E-state index is 0.214. The molecular weight excluding hydrogens is 330 g/mol. The van der Waals surface area contributed by atoms with Gasteiger partial charge in [0.05, 0.1) is 0 Å². The number of nitrogens with two attached hydrogens (primary N) is 1. The van der Waals surface area contributed by atoms with Gasteiger partial charge in [-0.05, 0) is 42.3 Å². The van der Waals surface area contributed by atoms with Gasteiger partial charge in [-0.2, -0.15) is 0 Å². The molecule has 1 unspecified atom stereocenters. The van der Waals surface area contributed by atoms with Gasteiger partial charge in [0.25, 0.3) is 0 Å². The molecule has 0 saturated heterocycles. The maximum absolute atomic E-state index is 10.8. The Hall–Kier alpha value is -1.85. The van der Waals surface area contributed by atoms with Crippen LogP contribution in [0.2, 0.25) is 0 Å². The standard InChI is InChI=1S/C16H18BrN3O/c1-11(19-10-12-3-2-4-14(17)9-12)13-5-7-15(8-6-13)20-16(18)21/h2-9,11,19H,10H2,1H3,(H3,18,20,21). The number of carbonyl (C=O) groups excluding carboxylic acids is 1. The molecule has 2 rings (SSSR count). The van der Waals surface area contributed by atoms with E-state index < -0.39 is 6.03 Å². The van der Waals surface area contributed by atoms with Crippen LogP contribution in [-0.4, -0.2) is 6.03 Å². The zero-order valence-corrected chi connectivity index (χ0v) is 13.4. The molecule has 0 spiro atoms. The van der Waals surface area contributed by atoms with Crippen molar-refractivity contribution in [3.63, 3.8) is 0 Å². The number of amides is 2. The maximum atomic E-state index is 10.8. The normalized spacial score (nSPS) is 11.9. The fourth-order valence-corrected chi connectivity index (χ4v) is 2.48. The molecule has 0 heterocycles. The van der Waals surface area contributed by atoms with E-state index in [0.717, 1.165) is 16.6 Å². The molecule has 0 saturated carbocycles. The van der Waals surface area contributed by atoms with Gasteiger partial charge in [0.2, 0.25) is 0 Å². The molecule has 0 aliphatic carbocycles. The molecule has 0 aliphatic rings. The van der Waals surface area contributed by atoms with Crippen LogP contribution in [-0.2, 0) is 6.54 Å². The van der Waals surface area contributed by atoms with E-state index in [2.05, 4.69) is 45.6 Å². The molecule has 2 aromatic rings. The second kappa shape index (κ2) is 7.24. The Balaban J connectivity index is 1.93. The van der Waals surface area contributed by atoms with E-state index in [1.165, 1.54) is 5.56 Å². The Morgan fingerprint density at radius 2 is 1.95 bits per heavy atom. The molecule has 0 radical (unpaired) electrons. The fourth-order valence-electron chi connectivity index (χ4n) is 2.03. The zero-order chi connectivity index (χ0) is 15.2. The maximum Gasteiger partial charge on any atom is 0.316 e. The van der Waals surface area contributed by atoms with Crippen LogP contribution < -0.4 is 16.4 Å². The molecule has 0 bridgehead atoms. The highest BCUT2D eigenvalue weighted by Gasteiger charge is 2.05. The number of halogens is 1. The lowest BCUT2D eigenvalue weighted by molar-refractivity contribution is 0.259. The summed E-state index contributed by atoms with van der Waals surface area (Å²) < 4.78 is 1.08. The smallest absolute Gasteiger partial charge is 0.316 e. The second-order valence-electron chi connectivity index (χ2n) is 4.84. The van der Waals surface area contributed by atoms with E-state index >= 15 is 0 Å². The van der Waals surface area contributed by atoms with Crippen molar-refractivity contribution in [2.24, 2.45) is 5.73 Å². The van der Waals surface area contributed by atoms with Crippen LogP contribution in [0.5, 0.6) is 0 Å². The lowest BCUT2D eigenvalue weighted by Crippen LogP contribution is -2.20. The van der Waals surface area contributed by atoms with Gasteiger partial charge in [-0.3, -0.25) is 0 Å². The van der Waals surface area contributed by atoms with Crippen molar-refractivity contribution in [3.05, 3.63) is 64.1 Å². The van der Waals surface area contributed by atoms with E-state index in [1.54, 1.807) is 0 Å². The van der Waals surface area contributed by atoms with Crippen molar-refractivity contribution in [2.75, 3.05) is 5.32 Å². The predicted octanol–water partition coefficient (Wildman–Crippen LogP) is 3.79. The predicted molar refractivity (Wildman–Crippen MR) is 89.0 cm³/mol. The van der Waals surface area contributed by atoms with Gasteiger partial charge in [-0.25, -0.2) is 4.79 Å². The zero-order valence-electron chi connectivity index (χ0n) is 11.8. The van der Waals surface area contributed by atoms with Gasteiger partial charge in [-0.1, -0.05) is 40.2 Å². The molecule has 110 valence electrons. The summed E-state index contributed by atoms with van der Waals surface area (Å²) in [4.78, 5) is 10.8. The summed E-state index contributed by atoms with van der Waals surface area (Å²) in [6.07, 6.45) is 0. The topological polar surface area (TPSA) is 67.2 Å². The number of anilines is 1. The Morgan fingerprint density at radius 1 is 1.24 bits per heavy atom.